The highest BCUT2D eigenvalue weighted by Crippen LogP contribution is 2.29. The molecule has 2 amide bonds. The molecule has 1 fully saturated rings. The number of nitriles is 1. The van der Waals surface area contributed by atoms with Crippen molar-refractivity contribution >= 4 is 22.5 Å². The molecule has 2 atom stereocenters. The number of carbonyl (C=O) groups excluding carboxylic acids is 1. The number of hydrogen-bond acceptors (Lipinski definition) is 3. The Kier molecular flexibility index (Phi) is 2.57. The van der Waals surface area contributed by atoms with E-state index in [0.29, 0.717) is 5.69 Å². The maximum Gasteiger partial charge on any atom is 0.323 e. The molecule has 0 saturated carbocycles. The van der Waals surface area contributed by atoms with Crippen LogP contribution in [0.4, 0.5) is 10.5 Å². The van der Waals surface area contributed by atoms with Crippen LogP contribution in [0.3, 0.4) is 0 Å². The van der Waals surface area contributed by atoms with Crippen molar-refractivity contribution in [3.05, 3.63) is 36.7 Å². The van der Waals surface area contributed by atoms with E-state index in [9.17, 15) is 10.1 Å². The minimum absolute atomic E-state index is 0.198. The number of rotatable bonds is 1. The van der Waals surface area contributed by atoms with E-state index in [-0.39, 0.29) is 12.1 Å². The number of nitrogens with zero attached hydrogens (tertiary/aromatic N) is 3. The number of aromatic nitrogens is 1. The summed E-state index contributed by atoms with van der Waals surface area (Å²) in [6.07, 6.45) is 3.38. The quantitative estimate of drug-likeness (QED) is 0.844. The summed E-state index contributed by atoms with van der Waals surface area (Å²) in [5.41, 5.74) is 0.673. The van der Waals surface area contributed by atoms with Gasteiger partial charge < -0.3 is 5.32 Å². The number of anilines is 1. The molecular weight excluding hydrogens is 240 g/mol. The van der Waals surface area contributed by atoms with Crippen LogP contribution in [-0.2, 0) is 0 Å². The zero-order chi connectivity index (χ0) is 13.4. The lowest BCUT2D eigenvalue weighted by Gasteiger charge is -2.20. The van der Waals surface area contributed by atoms with E-state index in [1.807, 2.05) is 31.2 Å². The van der Waals surface area contributed by atoms with Gasteiger partial charge in [-0.25, -0.2) is 4.79 Å². The van der Waals surface area contributed by atoms with Crippen molar-refractivity contribution in [3.63, 3.8) is 0 Å². The van der Waals surface area contributed by atoms with E-state index in [1.54, 1.807) is 12.4 Å². The van der Waals surface area contributed by atoms with Gasteiger partial charge in [0.25, 0.3) is 0 Å². The highest BCUT2D eigenvalue weighted by Gasteiger charge is 2.38. The van der Waals surface area contributed by atoms with Crippen LogP contribution in [0.15, 0.2) is 36.7 Å². The number of fused-ring (bicyclic) bond motifs is 1. The Bertz CT molecular complexity index is 686. The Balaban J connectivity index is 2.19. The molecule has 1 aliphatic rings. The first kappa shape index (κ1) is 11.5. The Labute approximate surface area is 110 Å². The summed E-state index contributed by atoms with van der Waals surface area (Å²) in [7, 11) is 0. The Hall–Kier alpha value is -2.61. The first-order chi connectivity index (χ1) is 9.22. The van der Waals surface area contributed by atoms with Crippen LogP contribution in [-0.4, -0.2) is 23.1 Å². The highest BCUT2D eigenvalue weighted by molar-refractivity contribution is 6.04. The van der Waals surface area contributed by atoms with E-state index in [1.165, 1.54) is 4.90 Å². The molecule has 1 saturated heterocycles. The fourth-order valence-electron chi connectivity index (χ4n) is 2.41. The summed E-state index contributed by atoms with van der Waals surface area (Å²) >= 11 is 0. The van der Waals surface area contributed by atoms with Gasteiger partial charge in [0.1, 0.15) is 6.04 Å². The van der Waals surface area contributed by atoms with E-state index in [2.05, 4.69) is 16.4 Å². The van der Waals surface area contributed by atoms with Crippen molar-refractivity contribution in [1.82, 2.24) is 10.3 Å². The van der Waals surface area contributed by atoms with Gasteiger partial charge in [-0.2, -0.15) is 5.26 Å². The third-order valence-corrected chi connectivity index (χ3v) is 3.36. The number of benzene rings is 1. The first-order valence-corrected chi connectivity index (χ1v) is 6.04. The average Bonchev–Trinajstić information content (AvgIpc) is 2.72. The Morgan fingerprint density at radius 2 is 2.16 bits per heavy atom. The van der Waals surface area contributed by atoms with Crippen LogP contribution in [0.2, 0.25) is 0 Å². The van der Waals surface area contributed by atoms with Crippen molar-refractivity contribution in [2.24, 2.45) is 0 Å². The van der Waals surface area contributed by atoms with E-state index < -0.39 is 6.04 Å². The lowest BCUT2D eigenvalue weighted by atomic mass is 10.1. The molecule has 1 aliphatic heterocycles. The van der Waals surface area contributed by atoms with Crippen LogP contribution in [0.1, 0.15) is 6.92 Å². The summed E-state index contributed by atoms with van der Waals surface area (Å²) in [4.78, 5) is 17.7. The number of amides is 2. The van der Waals surface area contributed by atoms with Crippen molar-refractivity contribution in [1.29, 1.82) is 5.26 Å². The van der Waals surface area contributed by atoms with Gasteiger partial charge in [0.05, 0.1) is 24.0 Å². The second-order valence-electron chi connectivity index (χ2n) is 4.56. The Morgan fingerprint density at radius 1 is 1.37 bits per heavy atom. The standard InChI is InChI=1S/C14H12N4O/c1-9-12(6-15)18(14(19)17-9)13-8-16-7-10-4-2-3-5-11(10)13/h2-5,7-9,12H,1H3,(H,17,19)/t9-,12?/m0/s1. The number of carbonyl (C=O) groups is 1. The maximum absolute atomic E-state index is 12.0. The predicted octanol–water partition coefficient (Wildman–Crippen LogP) is 2.05. The number of pyridine rings is 1. The molecule has 1 N–H and O–H groups in total. The molecule has 1 unspecified atom stereocenters. The van der Waals surface area contributed by atoms with Crippen LogP contribution >= 0.6 is 0 Å². The summed E-state index contributed by atoms with van der Waals surface area (Å²) in [5, 5.41) is 13.9. The van der Waals surface area contributed by atoms with Gasteiger partial charge in [0.15, 0.2) is 0 Å². The largest absolute Gasteiger partial charge is 0.332 e. The maximum atomic E-state index is 12.0. The summed E-state index contributed by atoms with van der Waals surface area (Å²) in [6.45, 7) is 1.82. The van der Waals surface area contributed by atoms with Gasteiger partial charge in [-0.15, -0.1) is 0 Å². The zero-order valence-electron chi connectivity index (χ0n) is 10.4. The van der Waals surface area contributed by atoms with Crippen molar-refractivity contribution in [2.75, 3.05) is 4.90 Å². The topological polar surface area (TPSA) is 69.0 Å². The summed E-state index contributed by atoms with van der Waals surface area (Å²) < 4.78 is 0. The van der Waals surface area contributed by atoms with Crippen molar-refractivity contribution in [3.8, 4) is 6.07 Å². The fraction of sp³-hybridized carbons (Fsp3) is 0.214. The molecule has 2 aromatic rings. The van der Waals surface area contributed by atoms with Crippen LogP contribution in [0, 0.1) is 11.3 Å². The fourth-order valence-corrected chi connectivity index (χ4v) is 2.41. The lowest BCUT2D eigenvalue weighted by Crippen LogP contribution is -2.34. The average molecular weight is 252 g/mol. The molecule has 1 aromatic heterocycles. The summed E-state index contributed by atoms with van der Waals surface area (Å²) in [5.74, 6) is 0. The molecule has 3 rings (SSSR count). The predicted molar refractivity (Wildman–Crippen MR) is 71.6 cm³/mol. The smallest absolute Gasteiger partial charge is 0.323 e. The van der Waals surface area contributed by atoms with Crippen LogP contribution < -0.4 is 10.2 Å². The van der Waals surface area contributed by atoms with Crippen molar-refractivity contribution in [2.45, 2.75) is 19.0 Å². The van der Waals surface area contributed by atoms with Crippen LogP contribution in [0.5, 0.6) is 0 Å². The van der Waals surface area contributed by atoms with Crippen molar-refractivity contribution < 1.29 is 4.79 Å². The third-order valence-electron chi connectivity index (χ3n) is 3.36. The molecule has 19 heavy (non-hydrogen) atoms. The van der Waals surface area contributed by atoms with Gasteiger partial charge in [0, 0.05) is 17.0 Å². The second kappa shape index (κ2) is 4.25. The molecule has 5 nitrogen and oxygen atoms in total. The molecule has 0 spiro atoms. The first-order valence-electron chi connectivity index (χ1n) is 6.04. The van der Waals surface area contributed by atoms with Gasteiger partial charge in [-0.3, -0.25) is 9.88 Å². The number of hydrogen-bond donors (Lipinski definition) is 1. The molecule has 0 aliphatic carbocycles. The highest BCUT2D eigenvalue weighted by atomic mass is 16.2. The second-order valence-corrected chi connectivity index (χ2v) is 4.56. The van der Waals surface area contributed by atoms with E-state index >= 15 is 0 Å². The van der Waals surface area contributed by atoms with Gasteiger partial charge in [-0.05, 0) is 6.92 Å². The molecule has 2 heterocycles. The number of nitrogens with one attached hydrogen (secondary N) is 1. The molecule has 0 bridgehead atoms. The number of urea groups is 1. The third kappa shape index (κ3) is 1.69. The van der Waals surface area contributed by atoms with E-state index in [0.717, 1.165) is 10.8 Å². The minimum atomic E-state index is -0.514. The lowest BCUT2D eigenvalue weighted by molar-refractivity contribution is 0.251. The van der Waals surface area contributed by atoms with Gasteiger partial charge in [-0.1, -0.05) is 24.3 Å². The molecule has 1 aromatic carbocycles. The van der Waals surface area contributed by atoms with Crippen LogP contribution in [0.25, 0.3) is 10.8 Å². The van der Waals surface area contributed by atoms with E-state index in [4.69, 9.17) is 0 Å². The molecule has 94 valence electrons. The molecular formula is C14H12N4O. The monoisotopic (exact) mass is 252 g/mol. The summed E-state index contributed by atoms with van der Waals surface area (Å²) in [6, 6.07) is 8.90. The zero-order valence-corrected chi connectivity index (χ0v) is 10.4. The minimum Gasteiger partial charge on any atom is -0.332 e. The normalized spacial score (nSPS) is 22.3. The SMILES string of the molecule is C[C@@H]1NC(=O)N(c2cncc3ccccc23)C1C#N. The molecule has 5 heteroatoms. The Morgan fingerprint density at radius 3 is 2.95 bits per heavy atom. The van der Waals surface area contributed by atoms with Gasteiger partial charge in [0.2, 0.25) is 0 Å². The van der Waals surface area contributed by atoms with Gasteiger partial charge >= 0.3 is 6.03 Å². The molecule has 0 radical (unpaired) electrons.